The normalized spacial score (nSPS) is 24.1. The molecular formula is C34H43N3O4S. The number of anilines is 1. The third-order valence-corrected chi connectivity index (χ3v) is 10.4. The zero-order valence-electron chi connectivity index (χ0n) is 25.2. The lowest BCUT2D eigenvalue weighted by Gasteiger charge is -2.37. The number of aryl methyl sites for hydroxylation is 1. The van der Waals surface area contributed by atoms with E-state index in [1.807, 2.05) is 23.2 Å². The Balaban J connectivity index is 1.35. The zero-order valence-corrected chi connectivity index (χ0v) is 26.0. The van der Waals surface area contributed by atoms with Crippen LogP contribution in [-0.4, -0.2) is 37.6 Å². The van der Waals surface area contributed by atoms with Gasteiger partial charge >= 0.3 is 0 Å². The number of methoxy groups -OCH3 is 2. The first-order valence-electron chi connectivity index (χ1n) is 15.1. The van der Waals surface area contributed by atoms with Crippen LogP contribution in [0.2, 0.25) is 0 Å². The van der Waals surface area contributed by atoms with Crippen molar-refractivity contribution in [3.63, 3.8) is 0 Å². The lowest BCUT2D eigenvalue weighted by Crippen LogP contribution is -2.43. The standard InChI is InChI=1S/C34H43N3O4S/c1-21-16-27(12-14-29(21)32(35)38)33(39)37(28-7-5-6-26(18-28)31-19-36-34(41-4)42-31)20-23-8-10-24(11-9-23)25-13-15-30(40-3)22(2)17-25/h5-7,13,15,17-19,21,23-24,27,29H,8-12,14,16,20H2,1-4H3,(H2,35,38). The second-order valence-electron chi connectivity index (χ2n) is 12.1. The van der Waals surface area contributed by atoms with E-state index in [9.17, 15) is 9.59 Å². The van der Waals surface area contributed by atoms with E-state index >= 15 is 0 Å². The van der Waals surface area contributed by atoms with Crippen molar-refractivity contribution in [3.8, 4) is 21.4 Å². The van der Waals surface area contributed by atoms with Crippen LogP contribution in [0.15, 0.2) is 48.7 Å². The highest BCUT2D eigenvalue weighted by Gasteiger charge is 2.37. The Labute approximate surface area is 253 Å². The Hall–Kier alpha value is -3.39. The van der Waals surface area contributed by atoms with Gasteiger partial charge in [-0.3, -0.25) is 9.59 Å². The number of aromatic nitrogens is 1. The van der Waals surface area contributed by atoms with Crippen LogP contribution in [0.4, 0.5) is 5.69 Å². The zero-order chi connectivity index (χ0) is 29.8. The smallest absolute Gasteiger partial charge is 0.273 e. The van der Waals surface area contributed by atoms with E-state index < -0.39 is 0 Å². The fraction of sp³-hybridized carbons (Fsp3) is 0.500. The molecule has 224 valence electrons. The molecule has 42 heavy (non-hydrogen) atoms. The molecule has 2 saturated carbocycles. The number of thiazole rings is 1. The monoisotopic (exact) mass is 589 g/mol. The van der Waals surface area contributed by atoms with Crippen molar-refractivity contribution in [2.45, 2.75) is 64.7 Å². The highest BCUT2D eigenvalue weighted by molar-refractivity contribution is 7.16. The summed E-state index contributed by atoms with van der Waals surface area (Å²) in [5, 5.41) is 0.618. The van der Waals surface area contributed by atoms with Crippen molar-refractivity contribution in [2.24, 2.45) is 29.4 Å². The Kier molecular flexibility index (Phi) is 9.51. The second-order valence-corrected chi connectivity index (χ2v) is 13.1. The SMILES string of the molecule is COc1ncc(-c2cccc(N(CC3CCC(c4ccc(OC)c(C)c4)CC3)C(=O)C3CCC(C(N)=O)C(C)C3)c2)s1. The van der Waals surface area contributed by atoms with Crippen molar-refractivity contribution in [1.82, 2.24) is 4.98 Å². The van der Waals surface area contributed by atoms with Crippen molar-refractivity contribution in [3.05, 3.63) is 59.8 Å². The van der Waals surface area contributed by atoms with Crippen molar-refractivity contribution < 1.29 is 19.1 Å². The summed E-state index contributed by atoms with van der Waals surface area (Å²) in [6.07, 6.45) is 8.27. The first-order chi connectivity index (χ1) is 20.3. The third kappa shape index (κ3) is 6.64. The van der Waals surface area contributed by atoms with Gasteiger partial charge in [0.2, 0.25) is 11.8 Å². The fourth-order valence-electron chi connectivity index (χ4n) is 6.99. The molecule has 2 N–H and O–H groups in total. The topological polar surface area (TPSA) is 94.8 Å². The van der Waals surface area contributed by atoms with Crippen LogP contribution in [0.25, 0.3) is 10.4 Å². The second kappa shape index (κ2) is 13.3. The molecule has 2 aliphatic rings. The summed E-state index contributed by atoms with van der Waals surface area (Å²) >= 11 is 1.49. The summed E-state index contributed by atoms with van der Waals surface area (Å²) in [7, 11) is 3.34. The molecule has 2 aliphatic carbocycles. The number of ether oxygens (including phenoxy) is 2. The minimum Gasteiger partial charge on any atom is -0.496 e. The number of primary amides is 1. The largest absolute Gasteiger partial charge is 0.496 e. The van der Waals surface area contributed by atoms with Gasteiger partial charge in [-0.05, 0) is 105 Å². The van der Waals surface area contributed by atoms with E-state index in [4.69, 9.17) is 15.2 Å². The first kappa shape index (κ1) is 30.1. The number of nitrogens with two attached hydrogens (primary N) is 1. The molecule has 0 radical (unpaired) electrons. The first-order valence-corrected chi connectivity index (χ1v) is 15.9. The van der Waals surface area contributed by atoms with E-state index in [0.29, 0.717) is 42.8 Å². The molecule has 7 nitrogen and oxygen atoms in total. The number of amides is 2. The number of nitrogens with zero attached hydrogens (tertiary/aromatic N) is 2. The molecule has 3 unspecified atom stereocenters. The molecule has 0 saturated heterocycles. The van der Waals surface area contributed by atoms with Crippen LogP contribution in [0.3, 0.4) is 0 Å². The van der Waals surface area contributed by atoms with E-state index in [0.717, 1.165) is 47.6 Å². The quantitative estimate of drug-likeness (QED) is 0.291. The number of hydrogen-bond acceptors (Lipinski definition) is 6. The third-order valence-electron chi connectivity index (χ3n) is 9.43. The van der Waals surface area contributed by atoms with E-state index in [1.165, 1.54) is 22.5 Å². The molecule has 0 aliphatic heterocycles. The number of carbonyl (C=O) groups excluding carboxylic acids is 2. The van der Waals surface area contributed by atoms with Gasteiger partial charge in [0.25, 0.3) is 5.19 Å². The summed E-state index contributed by atoms with van der Waals surface area (Å²) in [4.78, 5) is 33.6. The van der Waals surface area contributed by atoms with Gasteiger partial charge < -0.3 is 20.1 Å². The van der Waals surface area contributed by atoms with Gasteiger partial charge in [-0.1, -0.05) is 42.5 Å². The summed E-state index contributed by atoms with van der Waals surface area (Å²) < 4.78 is 10.8. The molecule has 8 heteroatoms. The Morgan fingerprint density at radius 1 is 1.02 bits per heavy atom. The maximum Gasteiger partial charge on any atom is 0.273 e. The lowest BCUT2D eigenvalue weighted by atomic mass is 9.74. The molecule has 3 aromatic rings. The Morgan fingerprint density at radius 2 is 1.81 bits per heavy atom. The average Bonchev–Trinajstić information content (AvgIpc) is 3.49. The number of carbonyl (C=O) groups is 2. The maximum atomic E-state index is 14.2. The molecule has 0 bridgehead atoms. The van der Waals surface area contributed by atoms with Crippen LogP contribution < -0.4 is 20.1 Å². The summed E-state index contributed by atoms with van der Waals surface area (Å²) in [6.45, 7) is 4.86. The maximum absolute atomic E-state index is 14.2. The minimum absolute atomic E-state index is 0.103. The van der Waals surface area contributed by atoms with Gasteiger partial charge in [0, 0.05) is 30.3 Å². The number of hydrogen-bond donors (Lipinski definition) is 1. The molecule has 2 aromatic carbocycles. The molecule has 0 spiro atoms. The highest BCUT2D eigenvalue weighted by Crippen LogP contribution is 2.40. The van der Waals surface area contributed by atoms with Crippen molar-refractivity contribution in [2.75, 3.05) is 25.7 Å². The molecule has 2 amide bonds. The highest BCUT2D eigenvalue weighted by atomic mass is 32.1. The molecule has 5 rings (SSSR count). The van der Waals surface area contributed by atoms with Gasteiger partial charge in [-0.2, -0.15) is 0 Å². The van der Waals surface area contributed by atoms with Gasteiger partial charge in [0.1, 0.15) is 5.75 Å². The number of benzene rings is 2. The van der Waals surface area contributed by atoms with Crippen LogP contribution >= 0.6 is 11.3 Å². The summed E-state index contributed by atoms with van der Waals surface area (Å²) in [6, 6.07) is 14.8. The number of rotatable bonds is 9. The van der Waals surface area contributed by atoms with Crippen LogP contribution in [0, 0.1) is 30.6 Å². The molecule has 2 fully saturated rings. The van der Waals surface area contributed by atoms with Gasteiger partial charge in [0.15, 0.2) is 0 Å². The van der Waals surface area contributed by atoms with Gasteiger partial charge in [0.05, 0.1) is 19.1 Å². The molecule has 1 aromatic heterocycles. The van der Waals surface area contributed by atoms with Crippen molar-refractivity contribution >= 4 is 28.8 Å². The van der Waals surface area contributed by atoms with E-state index in [2.05, 4.69) is 49.2 Å². The van der Waals surface area contributed by atoms with E-state index in [-0.39, 0.29) is 29.6 Å². The average molecular weight is 590 g/mol. The van der Waals surface area contributed by atoms with E-state index in [1.54, 1.807) is 14.2 Å². The van der Waals surface area contributed by atoms with Crippen molar-refractivity contribution in [1.29, 1.82) is 0 Å². The Morgan fingerprint density at radius 3 is 2.45 bits per heavy atom. The summed E-state index contributed by atoms with van der Waals surface area (Å²) in [5.41, 5.74) is 10.2. The van der Waals surface area contributed by atoms with Gasteiger partial charge in [-0.25, -0.2) is 4.98 Å². The van der Waals surface area contributed by atoms with Crippen LogP contribution in [0.5, 0.6) is 10.9 Å². The molecule has 3 atom stereocenters. The van der Waals surface area contributed by atoms with Gasteiger partial charge in [-0.15, -0.1) is 0 Å². The van der Waals surface area contributed by atoms with Crippen LogP contribution in [0.1, 0.15) is 68.9 Å². The summed E-state index contributed by atoms with van der Waals surface area (Å²) in [5.74, 6) is 1.65. The lowest BCUT2D eigenvalue weighted by molar-refractivity contribution is -0.129. The Bertz CT molecular complexity index is 1400. The molecule has 1 heterocycles. The predicted molar refractivity (Wildman–Crippen MR) is 168 cm³/mol. The fourth-order valence-corrected chi connectivity index (χ4v) is 7.72. The minimum atomic E-state index is -0.248. The van der Waals surface area contributed by atoms with Crippen LogP contribution in [-0.2, 0) is 9.59 Å². The predicted octanol–water partition coefficient (Wildman–Crippen LogP) is 6.98. The molecular weight excluding hydrogens is 546 g/mol.